The zero-order chi connectivity index (χ0) is 15.5. The van der Waals surface area contributed by atoms with Gasteiger partial charge in [-0.2, -0.15) is 0 Å². The number of nitrogens with one attached hydrogen (secondary N) is 1. The molecule has 0 spiro atoms. The Hall–Kier alpha value is -1.50. The number of amides is 1. The zero-order valence-corrected chi connectivity index (χ0v) is 12.9. The highest BCUT2D eigenvalue weighted by atomic mass is 16.5. The van der Waals surface area contributed by atoms with E-state index in [1.807, 2.05) is 13.0 Å². The first kappa shape index (κ1) is 15.4. The molecule has 3 rings (SSSR count). The number of aromatic nitrogens is 1. The fraction of sp³-hybridized carbons (Fsp3) is 0.625. The standard InChI is InChI=1S/C16H23N3O3/c1-11-2-3-12(10-17-11)16(21)18-13-4-5-14(15(13)20)19-6-8-22-9-7-19/h2-3,10,13-15,20H,4-9H2,1H3,(H,18,21)/t13-,14-,15-/m1/s1. The van der Waals surface area contributed by atoms with Crippen molar-refractivity contribution in [1.29, 1.82) is 0 Å². The van der Waals surface area contributed by atoms with Gasteiger partial charge in [0.15, 0.2) is 0 Å². The van der Waals surface area contributed by atoms with E-state index < -0.39 is 6.10 Å². The third kappa shape index (κ3) is 3.29. The third-order valence-electron chi connectivity index (χ3n) is 4.58. The molecule has 1 amide bonds. The lowest BCUT2D eigenvalue weighted by Crippen LogP contribution is -2.51. The van der Waals surface area contributed by atoms with E-state index in [0.29, 0.717) is 5.56 Å². The van der Waals surface area contributed by atoms with Gasteiger partial charge in [0.25, 0.3) is 5.91 Å². The van der Waals surface area contributed by atoms with Crippen LogP contribution >= 0.6 is 0 Å². The van der Waals surface area contributed by atoms with Gasteiger partial charge in [-0.3, -0.25) is 14.7 Å². The van der Waals surface area contributed by atoms with E-state index in [-0.39, 0.29) is 18.0 Å². The number of nitrogens with zero attached hydrogens (tertiary/aromatic N) is 2. The lowest BCUT2D eigenvalue weighted by molar-refractivity contribution is -0.0154. The molecule has 120 valence electrons. The molecule has 6 nitrogen and oxygen atoms in total. The van der Waals surface area contributed by atoms with Gasteiger partial charge in [0.1, 0.15) is 0 Å². The summed E-state index contributed by atoms with van der Waals surface area (Å²) in [5.41, 5.74) is 1.41. The van der Waals surface area contributed by atoms with Crippen LogP contribution in [0.2, 0.25) is 0 Å². The minimum absolute atomic E-state index is 0.116. The highest BCUT2D eigenvalue weighted by Gasteiger charge is 2.39. The van der Waals surface area contributed by atoms with Gasteiger partial charge in [0.05, 0.1) is 30.9 Å². The van der Waals surface area contributed by atoms with Crippen molar-refractivity contribution in [3.8, 4) is 0 Å². The zero-order valence-electron chi connectivity index (χ0n) is 12.9. The summed E-state index contributed by atoms with van der Waals surface area (Å²) in [4.78, 5) is 18.7. The first-order chi connectivity index (χ1) is 10.6. The molecule has 1 aliphatic heterocycles. The van der Waals surface area contributed by atoms with E-state index in [1.165, 1.54) is 0 Å². The third-order valence-corrected chi connectivity index (χ3v) is 4.58. The number of aliphatic hydroxyl groups excluding tert-OH is 1. The number of carbonyl (C=O) groups excluding carboxylic acids is 1. The normalized spacial score (nSPS) is 29.5. The van der Waals surface area contributed by atoms with Crippen LogP contribution in [0.5, 0.6) is 0 Å². The molecule has 6 heteroatoms. The Kier molecular flexibility index (Phi) is 4.71. The van der Waals surface area contributed by atoms with Crippen LogP contribution in [0.4, 0.5) is 0 Å². The minimum Gasteiger partial charge on any atom is -0.389 e. The number of rotatable bonds is 3. The van der Waals surface area contributed by atoms with Crippen molar-refractivity contribution >= 4 is 5.91 Å². The molecular weight excluding hydrogens is 282 g/mol. The molecule has 0 radical (unpaired) electrons. The molecule has 2 fully saturated rings. The number of morpholine rings is 1. The Balaban J connectivity index is 1.59. The molecule has 1 aromatic heterocycles. The van der Waals surface area contributed by atoms with Gasteiger partial charge in [0, 0.05) is 31.0 Å². The van der Waals surface area contributed by atoms with Gasteiger partial charge < -0.3 is 15.2 Å². The largest absolute Gasteiger partial charge is 0.389 e. The van der Waals surface area contributed by atoms with Crippen molar-refractivity contribution in [2.24, 2.45) is 0 Å². The van der Waals surface area contributed by atoms with Gasteiger partial charge in [-0.1, -0.05) is 0 Å². The van der Waals surface area contributed by atoms with Crippen molar-refractivity contribution < 1.29 is 14.6 Å². The molecule has 1 saturated carbocycles. The van der Waals surface area contributed by atoms with Gasteiger partial charge in [-0.25, -0.2) is 0 Å². The van der Waals surface area contributed by atoms with Crippen LogP contribution in [0.3, 0.4) is 0 Å². The van der Waals surface area contributed by atoms with Crippen LogP contribution in [0.1, 0.15) is 28.9 Å². The van der Waals surface area contributed by atoms with Crippen LogP contribution in [-0.4, -0.2) is 65.4 Å². The Morgan fingerprint density at radius 3 is 2.82 bits per heavy atom. The number of hydrogen-bond acceptors (Lipinski definition) is 5. The van der Waals surface area contributed by atoms with E-state index >= 15 is 0 Å². The average molecular weight is 305 g/mol. The average Bonchev–Trinajstić information content (AvgIpc) is 2.90. The lowest BCUT2D eigenvalue weighted by Gasteiger charge is -2.34. The number of ether oxygens (including phenoxy) is 1. The molecule has 1 saturated heterocycles. The molecular formula is C16H23N3O3. The summed E-state index contributed by atoms with van der Waals surface area (Å²) in [7, 11) is 0. The second-order valence-corrected chi connectivity index (χ2v) is 6.05. The van der Waals surface area contributed by atoms with Crippen LogP contribution in [0, 0.1) is 6.92 Å². The predicted octanol–water partition coefficient (Wildman–Crippen LogP) is 0.344. The van der Waals surface area contributed by atoms with E-state index in [2.05, 4.69) is 15.2 Å². The van der Waals surface area contributed by atoms with Gasteiger partial charge in [-0.05, 0) is 31.9 Å². The number of aryl methyl sites for hydroxylation is 1. The summed E-state index contributed by atoms with van der Waals surface area (Å²) in [6.07, 6.45) is 2.75. The summed E-state index contributed by atoms with van der Waals surface area (Å²) in [6, 6.07) is 3.50. The molecule has 2 aliphatic rings. The maximum absolute atomic E-state index is 12.2. The number of aliphatic hydroxyl groups is 1. The Labute approximate surface area is 130 Å². The van der Waals surface area contributed by atoms with Gasteiger partial charge in [0.2, 0.25) is 0 Å². The quantitative estimate of drug-likeness (QED) is 0.842. The summed E-state index contributed by atoms with van der Waals surface area (Å²) in [5, 5.41) is 13.5. The van der Waals surface area contributed by atoms with Crippen molar-refractivity contribution in [2.45, 2.75) is 38.0 Å². The summed E-state index contributed by atoms with van der Waals surface area (Å²) < 4.78 is 5.35. The fourth-order valence-corrected chi connectivity index (χ4v) is 3.28. The molecule has 3 atom stereocenters. The predicted molar refractivity (Wildman–Crippen MR) is 81.6 cm³/mol. The van der Waals surface area contributed by atoms with Crippen LogP contribution in [0.15, 0.2) is 18.3 Å². The van der Waals surface area contributed by atoms with E-state index in [4.69, 9.17) is 4.74 Å². The van der Waals surface area contributed by atoms with Crippen LogP contribution in [-0.2, 0) is 4.74 Å². The summed E-state index contributed by atoms with van der Waals surface area (Å²) in [6.45, 7) is 5.02. The summed E-state index contributed by atoms with van der Waals surface area (Å²) in [5.74, 6) is -0.167. The summed E-state index contributed by atoms with van der Waals surface area (Å²) >= 11 is 0. The van der Waals surface area contributed by atoms with E-state index in [0.717, 1.165) is 44.8 Å². The topological polar surface area (TPSA) is 74.7 Å². The second kappa shape index (κ2) is 6.73. The SMILES string of the molecule is Cc1ccc(C(=O)N[C@@H]2CC[C@@H](N3CCOCC3)[C@@H]2O)cn1. The molecule has 2 heterocycles. The Morgan fingerprint density at radius 2 is 2.14 bits per heavy atom. The molecule has 0 bridgehead atoms. The molecule has 1 aliphatic carbocycles. The molecule has 22 heavy (non-hydrogen) atoms. The molecule has 1 aromatic rings. The number of carbonyl (C=O) groups is 1. The smallest absolute Gasteiger partial charge is 0.253 e. The van der Waals surface area contributed by atoms with Crippen molar-refractivity contribution in [3.05, 3.63) is 29.6 Å². The first-order valence-electron chi connectivity index (χ1n) is 7.88. The second-order valence-electron chi connectivity index (χ2n) is 6.05. The van der Waals surface area contributed by atoms with E-state index in [9.17, 15) is 9.90 Å². The Bertz CT molecular complexity index is 514. The highest BCUT2D eigenvalue weighted by Crippen LogP contribution is 2.25. The van der Waals surface area contributed by atoms with Crippen molar-refractivity contribution in [1.82, 2.24) is 15.2 Å². The lowest BCUT2D eigenvalue weighted by atomic mass is 10.1. The Morgan fingerprint density at radius 1 is 1.36 bits per heavy atom. The number of pyridine rings is 1. The molecule has 0 aromatic carbocycles. The first-order valence-corrected chi connectivity index (χ1v) is 7.88. The maximum Gasteiger partial charge on any atom is 0.253 e. The molecule has 0 unspecified atom stereocenters. The van der Waals surface area contributed by atoms with Crippen LogP contribution < -0.4 is 5.32 Å². The minimum atomic E-state index is -0.527. The van der Waals surface area contributed by atoms with E-state index in [1.54, 1.807) is 12.3 Å². The fourth-order valence-electron chi connectivity index (χ4n) is 3.28. The van der Waals surface area contributed by atoms with Gasteiger partial charge in [-0.15, -0.1) is 0 Å². The van der Waals surface area contributed by atoms with Crippen LogP contribution in [0.25, 0.3) is 0 Å². The highest BCUT2D eigenvalue weighted by molar-refractivity contribution is 5.94. The van der Waals surface area contributed by atoms with Crippen molar-refractivity contribution in [2.75, 3.05) is 26.3 Å². The maximum atomic E-state index is 12.2. The molecule has 2 N–H and O–H groups in total. The van der Waals surface area contributed by atoms with Gasteiger partial charge >= 0.3 is 0 Å². The monoisotopic (exact) mass is 305 g/mol. The van der Waals surface area contributed by atoms with Crippen molar-refractivity contribution in [3.63, 3.8) is 0 Å². The number of hydrogen-bond donors (Lipinski definition) is 2.